The topological polar surface area (TPSA) is 73.4 Å². The Bertz CT molecular complexity index is 816. The smallest absolute Gasteiger partial charge is 0.320 e. The molecule has 1 saturated heterocycles. The minimum Gasteiger partial charge on any atom is -0.366 e. The van der Waals surface area contributed by atoms with Crippen molar-refractivity contribution in [3.8, 4) is 0 Å². The van der Waals surface area contributed by atoms with Crippen LogP contribution in [-0.2, 0) is 0 Å². The molecule has 7 nitrogen and oxygen atoms in total. The first-order valence-corrected chi connectivity index (χ1v) is 10.3. The number of anilines is 3. The lowest BCUT2D eigenvalue weighted by Gasteiger charge is -2.36. The Morgan fingerprint density at radius 1 is 0.931 bits per heavy atom. The van der Waals surface area contributed by atoms with Crippen LogP contribution in [0.25, 0.3) is 0 Å². The van der Waals surface area contributed by atoms with Gasteiger partial charge < -0.3 is 15.1 Å². The molecule has 1 saturated carbocycles. The van der Waals surface area contributed by atoms with Crippen LogP contribution >= 0.6 is 0 Å². The molecule has 0 bridgehead atoms. The van der Waals surface area contributed by atoms with Gasteiger partial charge in [0.1, 0.15) is 5.82 Å². The van der Waals surface area contributed by atoms with E-state index >= 15 is 0 Å². The zero-order chi connectivity index (χ0) is 20.1. The van der Waals surface area contributed by atoms with E-state index in [2.05, 4.69) is 25.7 Å². The summed E-state index contributed by atoms with van der Waals surface area (Å²) in [6.45, 7) is 2.90. The molecule has 8 heteroatoms. The molecule has 0 atom stereocenters. The van der Waals surface area contributed by atoms with Gasteiger partial charge in [0.25, 0.3) is 0 Å². The van der Waals surface area contributed by atoms with Gasteiger partial charge >= 0.3 is 6.03 Å². The Morgan fingerprint density at radius 3 is 2.34 bits per heavy atom. The number of halogens is 1. The Labute approximate surface area is 170 Å². The number of carbonyl (C=O) groups is 1. The lowest BCUT2D eigenvalue weighted by atomic mass is 9.96. The molecule has 1 aromatic heterocycles. The van der Waals surface area contributed by atoms with Gasteiger partial charge in [-0.05, 0) is 37.1 Å². The third kappa shape index (κ3) is 4.93. The van der Waals surface area contributed by atoms with Crippen molar-refractivity contribution in [3.63, 3.8) is 0 Å². The summed E-state index contributed by atoms with van der Waals surface area (Å²) >= 11 is 0. The molecule has 2 amide bonds. The Balaban J connectivity index is 1.28. The van der Waals surface area contributed by atoms with E-state index in [-0.39, 0.29) is 17.9 Å². The van der Waals surface area contributed by atoms with E-state index in [1.165, 1.54) is 25.3 Å². The van der Waals surface area contributed by atoms with Gasteiger partial charge in [0, 0.05) is 32.2 Å². The van der Waals surface area contributed by atoms with Crippen molar-refractivity contribution in [2.75, 3.05) is 41.3 Å². The number of carbonyl (C=O) groups excluding carboxylic acids is 1. The number of para-hydroxylation sites is 1. The second kappa shape index (κ2) is 9.07. The molecule has 2 N–H and O–H groups in total. The van der Waals surface area contributed by atoms with Crippen molar-refractivity contribution in [2.24, 2.45) is 0 Å². The molecule has 2 fully saturated rings. The number of urea groups is 1. The lowest BCUT2D eigenvalue weighted by Crippen LogP contribution is -2.47. The van der Waals surface area contributed by atoms with Gasteiger partial charge in [0.15, 0.2) is 11.6 Å². The molecular weight excluding hydrogens is 371 g/mol. The van der Waals surface area contributed by atoms with Crippen molar-refractivity contribution in [1.82, 2.24) is 15.5 Å². The molecular formula is C21H27FN6O. The molecule has 1 aromatic carbocycles. The zero-order valence-electron chi connectivity index (χ0n) is 16.5. The summed E-state index contributed by atoms with van der Waals surface area (Å²) in [5, 5.41) is 14.2. The van der Waals surface area contributed by atoms with E-state index in [1.807, 2.05) is 23.1 Å². The van der Waals surface area contributed by atoms with Crippen LogP contribution in [0, 0.1) is 5.82 Å². The van der Waals surface area contributed by atoms with Crippen LogP contribution in [0.3, 0.4) is 0 Å². The maximum atomic E-state index is 14.0. The first kappa shape index (κ1) is 19.4. The van der Waals surface area contributed by atoms with E-state index in [1.54, 1.807) is 12.1 Å². The Hall–Kier alpha value is -2.90. The normalized spacial score (nSPS) is 17.8. The number of nitrogens with zero attached hydrogens (tertiary/aromatic N) is 4. The van der Waals surface area contributed by atoms with Gasteiger partial charge in [-0.15, -0.1) is 10.2 Å². The number of benzene rings is 1. The maximum absolute atomic E-state index is 14.0. The molecule has 29 heavy (non-hydrogen) atoms. The fourth-order valence-electron chi connectivity index (χ4n) is 4.03. The van der Waals surface area contributed by atoms with Crippen molar-refractivity contribution in [3.05, 3.63) is 42.2 Å². The van der Waals surface area contributed by atoms with Gasteiger partial charge in [0.2, 0.25) is 0 Å². The van der Waals surface area contributed by atoms with Crippen LogP contribution in [0.4, 0.5) is 26.5 Å². The number of hydrogen-bond donors (Lipinski definition) is 2. The first-order valence-electron chi connectivity index (χ1n) is 10.3. The molecule has 154 valence electrons. The average Bonchev–Trinajstić information content (AvgIpc) is 2.75. The third-order valence-corrected chi connectivity index (χ3v) is 5.63. The lowest BCUT2D eigenvalue weighted by molar-refractivity contribution is 0.244. The van der Waals surface area contributed by atoms with Crippen LogP contribution in [0.5, 0.6) is 0 Å². The fraction of sp³-hybridized carbons (Fsp3) is 0.476. The zero-order valence-corrected chi connectivity index (χ0v) is 16.5. The standard InChI is InChI=1S/C21H27FN6O/c22-17-8-4-5-9-18(17)27-12-14-28(15-13-27)20-11-10-19(25-26-20)24-21(29)23-16-6-2-1-3-7-16/h4-5,8-11,16H,1-3,6-7,12-15H2,(H2,23,24,25,29). The van der Waals surface area contributed by atoms with Crippen LogP contribution in [0.2, 0.25) is 0 Å². The molecule has 1 aliphatic carbocycles. The SMILES string of the molecule is O=C(Nc1ccc(N2CCN(c3ccccc3F)CC2)nn1)NC1CCCCC1. The molecule has 1 aliphatic heterocycles. The largest absolute Gasteiger partial charge is 0.366 e. The van der Waals surface area contributed by atoms with Gasteiger partial charge in [0.05, 0.1) is 5.69 Å². The summed E-state index contributed by atoms with van der Waals surface area (Å²) in [5.74, 6) is 1.01. The second-order valence-corrected chi connectivity index (χ2v) is 7.64. The minimum absolute atomic E-state index is 0.192. The molecule has 0 radical (unpaired) electrons. The highest BCUT2D eigenvalue weighted by molar-refractivity contribution is 5.88. The number of rotatable bonds is 4. The van der Waals surface area contributed by atoms with Crippen molar-refractivity contribution < 1.29 is 9.18 Å². The van der Waals surface area contributed by atoms with E-state index in [0.29, 0.717) is 24.6 Å². The number of aromatic nitrogens is 2. The van der Waals surface area contributed by atoms with Crippen LogP contribution < -0.4 is 20.4 Å². The minimum atomic E-state index is -0.225. The summed E-state index contributed by atoms with van der Waals surface area (Å²) in [4.78, 5) is 16.3. The molecule has 2 heterocycles. The predicted octanol–water partition coefficient (Wildman–Crippen LogP) is 3.40. The quantitative estimate of drug-likeness (QED) is 0.826. The average molecular weight is 398 g/mol. The predicted molar refractivity (Wildman–Crippen MR) is 112 cm³/mol. The summed E-state index contributed by atoms with van der Waals surface area (Å²) in [6.07, 6.45) is 5.67. The fourth-order valence-corrected chi connectivity index (χ4v) is 4.03. The van der Waals surface area contributed by atoms with Gasteiger partial charge in [-0.1, -0.05) is 31.4 Å². The van der Waals surface area contributed by atoms with Crippen LogP contribution in [-0.4, -0.2) is 48.4 Å². The van der Waals surface area contributed by atoms with E-state index in [0.717, 1.165) is 31.7 Å². The molecule has 0 spiro atoms. The van der Waals surface area contributed by atoms with Crippen molar-refractivity contribution in [1.29, 1.82) is 0 Å². The Kier molecular flexibility index (Phi) is 6.07. The third-order valence-electron chi connectivity index (χ3n) is 5.63. The monoisotopic (exact) mass is 398 g/mol. The number of nitrogens with one attached hydrogen (secondary N) is 2. The molecule has 4 rings (SSSR count). The highest BCUT2D eigenvalue weighted by atomic mass is 19.1. The Morgan fingerprint density at radius 2 is 1.66 bits per heavy atom. The second-order valence-electron chi connectivity index (χ2n) is 7.64. The maximum Gasteiger partial charge on any atom is 0.320 e. The van der Waals surface area contributed by atoms with Crippen molar-refractivity contribution >= 4 is 23.4 Å². The molecule has 2 aromatic rings. The van der Waals surface area contributed by atoms with Crippen LogP contribution in [0.15, 0.2) is 36.4 Å². The van der Waals surface area contributed by atoms with E-state index < -0.39 is 0 Å². The summed E-state index contributed by atoms with van der Waals surface area (Å²) in [7, 11) is 0. The summed E-state index contributed by atoms with van der Waals surface area (Å²) < 4.78 is 14.0. The van der Waals surface area contributed by atoms with E-state index in [4.69, 9.17) is 0 Å². The van der Waals surface area contributed by atoms with Gasteiger partial charge in [-0.25, -0.2) is 9.18 Å². The van der Waals surface area contributed by atoms with Crippen LogP contribution in [0.1, 0.15) is 32.1 Å². The first-order chi connectivity index (χ1) is 14.2. The van der Waals surface area contributed by atoms with Gasteiger partial charge in [-0.3, -0.25) is 5.32 Å². The van der Waals surface area contributed by atoms with E-state index in [9.17, 15) is 9.18 Å². The number of amides is 2. The molecule has 0 unspecified atom stereocenters. The highest BCUT2D eigenvalue weighted by Gasteiger charge is 2.21. The van der Waals surface area contributed by atoms with Crippen molar-refractivity contribution in [2.45, 2.75) is 38.1 Å². The number of piperazine rings is 1. The number of hydrogen-bond acceptors (Lipinski definition) is 5. The summed E-state index contributed by atoms with van der Waals surface area (Å²) in [6, 6.07) is 10.5. The van der Waals surface area contributed by atoms with Gasteiger partial charge in [-0.2, -0.15) is 0 Å². The summed E-state index contributed by atoms with van der Waals surface area (Å²) in [5.41, 5.74) is 0.641. The molecule has 2 aliphatic rings. The highest BCUT2D eigenvalue weighted by Crippen LogP contribution is 2.22.